The zero-order chi connectivity index (χ0) is 8.43. The van der Waals surface area contributed by atoms with Crippen molar-refractivity contribution < 1.29 is 19.3 Å². The molecule has 6 nitrogen and oxygen atoms in total. The lowest BCUT2D eigenvalue weighted by Gasteiger charge is -2.07. The summed E-state index contributed by atoms with van der Waals surface area (Å²) in [6, 6.07) is 0. The lowest BCUT2D eigenvalue weighted by molar-refractivity contribution is -0.218. The van der Waals surface area contributed by atoms with Gasteiger partial charge in [0.25, 0.3) is 0 Å². The van der Waals surface area contributed by atoms with Crippen molar-refractivity contribution in [3.8, 4) is 0 Å². The van der Waals surface area contributed by atoms with Crippen molar-refractivity contribution in [1.82, 2.24) is 0 Å². The van der Waals surface area contributed by atoms with Crippen LogP contribution < -0.4 is 11.5 Å². The Balaban J connectivity index is 2.65. The maximum absolute atomic E-state index is 10.6. The Labute approximate surface area is 63.0 Å². The zero-order valence-electron chi connectivity index (χ0n) is 5.65. The van der Waals surface area contributed by atoms with Gasteiger partial charge in [0.2, 0.25) is 11.8 Å². The fraction of sp³-hybridized carbons (Fsp3) is 0.500. The molecule has 0 bridgehead atoms. The maximum Gasteiger partial charge on any atom is 0.339 e. The lowest BCUT2D eigenvalue weighted by atomic mass is 9.76. The molecule has 4 N–H and O–H groups in total. The predicted molar refractivity (Wildman–Crippen MR) is 35.2 cm³/mol. The van der Waals surface area contributed by atoms with Gasteiger partial charge in [0.15, 0.2) is 6.10 Å². The molecule has 0 aromatic carbocycles. The van der Waals surface area contributed by atoms with Gasteiger partial charge in [-0.3, -0.25) is 9.59 Å². The van der Waals surface area contributed by atoms with Crippen LogP contribution in [0.1, 0.15) is 0 Å². The van der Waals surface area contributed by atoms with E-state index in [1.807, 2.05) is 0 Å². The van der Waals surface area contributed by atoms with Gasteiger partial charge in [0.1, 0.15) is 0 Å². The van der Waals surface area contributed by atoms with Gasteiger partial charge in [-0.25, -0.2) is 4.89 Å². The number of rotatable bonds is 2. The normalized spacial score (nSPS) is 29.5. The summed E-state index contributed by atoms with van der Waals surface area (Å²) in [4.78, 5) is 29.9. The highest BCUT2D eigenvalue weighted by atomic mass is 17.2. The third-order valence-electron chi connectivity index (χ3n) is 1.43. The van der Waals surface area contributed by atoms with Gasteiger partial charge in [-0.05, 0) is 0 Å². The van der Waals surface area contributed by atoms with Gasteiger partial charge in [0.05, 0.1) is 5.82 Å². The lowest BCUT2D eigenvalue weighted by Crippen LogP contribution is -2.37. The molecule has 1 aliphatic rings. The molecular formula is C4H7BN2O4. The van der Waals surface area contributed by atoms with E-state index in [0.717, 1.165) is 0 Å². The van der Waals surface area contributed by atoms with Gasteiger partial charge in [-0.2, -0.15) is 0 Å². The van der Waals surface area contributed by atoms with Crippen LogP contribution in [-0.2, 0) is 19.3 Å². The second-order valence-corrected chi connectivity index (χ2v) is 2.21. The largest absolute Gasteiger partial charge is 0.370 e. The molecule has 7 heteroatoms. The van der Waals surface area contributed by atoms with Crippen LogP contribution in [0.2, 0.25) is 5.82 Å². The zero-order valence-corrected chi connectivity index (χ0v) is 5.65. The van der Waals surface area contributed by atoms with Crippen LogP contribution in [0.3, 0.4) is 0 Å². The first-order chi connectivity index (χ1) is 5.13. The van der Waals surface area contributed by atoms with Crippen molar-refractivity contribution in [3.05, 3.63) is 0 Å². The highest BCUT2D eigenvalue weighted by Crippen LogP contribution is 2.19. The Morgan fingerprint density at radius 1 is 1.27 bits per heavy atom. The van der Waals surface area contributed by atoms with E-state index < -0.39 is 23.7 Å². The molecule has 1 aliphatic heterocycles. The minimum absolute atomic E-state index is 0.0110. The van der Waals surface area contributed by atoms with E-state index in [2.05, 4.69) is 9.69 Å². The molecule has 1 saturated heterocycles. The van der Waals surface area contributed by atoms with Crippen LogP contribution in [-0.4, -0.2) is 25.4 Å². The van der Waals surface area contributed by atoms with Crippen LogP contribution in [0.5, 0.6) is 0 Å². The topological polar surface area (TPSA) is 105 Å². The first kappa shape index (κ1) is 8.03. The Hall–Kier alpha value is -1.08. The molecule has 1 fully saturated rings. The van der Waals surface area contributed by atoms with Gasteiger partial charge < -0.3 is 16.3 Å². The van der Waals surface area contributed by atoms with E-state index >= 15 is 0 Å². The summed E-state index contributed by atoms with van der Waals surface area (Å²) in [5.41, 5.74) is 9.79. The number of primary amides is 2. The third kappa shape index (κ3) is 1.49. The molecule has 2 unspecified atom stereocenters. The molecule has 1 heterocycles. The summed E-state index contributed by atoms with van der Waals surface area (Å²) < 4.78 is 0. The Bertz CT molecular complexity index is 177. The Kier molecular flexibility index (Phi) is 2.11. The highest BCUT2D eigenvalue weighted by molar-refractivity contribution is 6.39. The van der Waals surface area contributed by atoms with Crippen molar-refractivity contribution in [2.24, 2.45) is 11.5 Å². The smallest absolute Gasteiger partial charge is 0.339 e. The van der Waals surface area contributed by atoms with Crippen LogP contribution >= 0.6 is 0 Å². The van der Waals surface area contributed by atoms with E-state index in [1.165, 1.54) is 0 Å². The summed E-state index contributed by atoms with van der Waals surface area (Å²) in [5, 5.41) is 0. The summed E-state index contributed by atoms with van der Waals surface area (Å²) in [6.45, 7) is 0. The average molecular weight is 158 g/mol. The molecule has 0 aromatic rings. The molecule has 0 radical (unpaired) electrons. The fourth-order valence-corrected chi connectivity index (χ4v) is 0.817. The molecular weight excluding hydrogens is 151 g/mol. The molecule has 60 valence electrons. The van der Waals surface area contributed by atoms with Crippen LogP contribution in [0, 0.1) is 0 Å². The van der Waals surface area contributed by atoms with Gasteiger partial charge in [-0.15, -0.1) is 0 Å². The number of hydrogen-bond donors (Lipinski definition) is 2. The second-order valence-electron chi connectivity index (χ2n) is 2.21. The van der Waals surface area contributed by atoms with Crippen molar-refractivity contribution in [2.45, 2.75) is 11.9 Å². The highest BCUT2D eigenvalue weighted by Gasteiger charge is 2.40. The van der Waals surface area contributed by atoms with E-state index in [1.54, 1.807) is 0 Å². The molecule has 1 rings (SSSR count). The average Bonchev–Trinajstić information content (AvgIpc) is 2.32. The number of carbonyl (C=O) groups excluding carboxylic acids is 2. The van der Waals surface area contributed by atoms with Crippen LogP contribution in [0.25, 0.3) is 0 Å². The van der Waals surface area contributed by atoms with E-state index in [4.69, 9.17) is 11.5 Å². The molecule has 0 spiro atoms. The predicted octanol–water partition coefficient (Wildman–Crippen LogP) is -2.57. The SMILES string of the molecule is NC(=O)C1BOOC1C(N)=O. The van der Waals surface area contributed by atoms with Crippen molar-refractivity contribution in [1.29, 1.82) is 0 Å². The van der Waals surface area contributed by atoms with Crippen molar-refractivity contribution in [3.63, 3.8) is 0 Å². The Morgan fingerprint density at radius 2 is 1.91 bits per heavy atom. The minimum atomic E-state index is -1.03. The first-order valence-electron chi connectivity index (χ1n) is 3.00. The number of nitrogens with two attached hydrogens (primary N) is 2. The maximum atomic E-state index is 10.6. The summed E-state index contributed by atoms with van der Waals surface area (Å²) in [5.74, 6) is -2.15. The molecule has 0 saturated carbocycles. The molecule has 2 atom stereocenters. The standard InChI is InChI=1S/C4H7BN2O4/c6-3(8)1-2(4(7)9)10-11-5-1/h1-2,5H,(H2,6,8)(H2,7,9). The second kappa shape index (κ2) is 2.89. The van der Waals surface area contributed by atoms with Crippen LogP contribution in [0.15, 0.2) is 0 Å². The number of amides is 2. The summed E-state index contributed by atoms with van der Waals surface area (Å²) >= 11 is 0. The third-order valence-corrected chi connectivity index (χ3v) is 1.43. The summed E-state index contributed by atoms with van der Waals surface area (Å²) in [6.07, 6.45) is -1.03. The monoisotopic (exact) mass is 158 g/mol. The van der Waals surface area contributed by atoms with Crippen molar-refractivity contribution in [2.75, 3.05) is 0 Å². The van der Waals surface area contributed by atoms with E-state index in [0.29, 0.717) is 0 Å². The fourth-order valence-electron chi connectivity index (χ4n) is 0.817. The molecule has 0 aliphatic carbocycles. The first-order valence-corrected chi connectivity index (χ1v) is 3.00. The van der Waals surface area contributed by atoms with Gasteiger partial charge >= 0.3 is 7.48 Å². The number of hydrogen-bond acceptors (Lipinski definition) is 4. The molecule has 2 amide bonds. The van der Waals surface area contributed by atoms with Gasteiger partial charge in [0, 0.05) is 0 Å². The minimum Gasteiger partial charge on any atom is -0.370 e. The number of carbonyl (C=O) groups is 2. The quantitative estimate of drug-likeness (QED) is 0.340. The van der Waals surface area contributed by atoms with Crippen LogP contribution in [0.4, 0.5) is 0 Å². The van der Waals surface area contributed by atoms with E-state index in [9.17, 15) is 9.59 Å². The van der Waals surface area contributed by atoms with E-state index in [-0.39, 0.29) is 7.48 Å². The van der Waals surface area contributed by atoms with Crippen molar-refractivity contribution >= 4 is 19.3 Å². The van der Waals surface area contributed by atoms with Gasteiger partial charge in [-0.1, -0.05) is 0 Å². The molecule has 0 aromatic heterocycles. The summed E-state index contributed by atoms with van der Waals surface area (Å²) in [7, 11) is -0.0110. The Morgan fingerprint density at radius 3 is 2.27 bits per heavy atom. The molecule has 11 heavy (non-hydrogen) atoms.